The number of carbonyl (C=O) groups excluding carboxylic acids is 1. The summed E-state index contributed by atoms with van der Waals surface area (Å²) in [6.45, 7) is 7.95. The van der Waals surface area contributed by atoms with Crippen LogP contribution in [0.5, 0.6) is 5.75 Å². The monoisotopic (exact) mass is 250 g/mol. The van der Waals surface area contributed by atoms with Crippen molar-refractivity contribution in [3.8, 4) is 5.75 Å². The SMILES string of the molecule is CCOc1ccc(CNC(=O)NCC(C)C)cc1. The number of urea groups is 1. The van der Waals surface area contributed by atoms with Crippen LogP contribution < -0.4 is 15.4 Å². The smallest absolute Gasteiger partial charge is 0.315 e. The minimum Gasteiger partial charge on any atom is -0.494 e. The molecule has 0 atom stereocenters. The standard InChI is InChI=1S/C14H22N2O2/c1-4-18-13-7-5-12(6-8-13)10-16-14(17)15-9-11(2)3/h5-8,11H,4,9-10H2,1-3H3,(H2,15,16,17). The Balaban J connectivity index is 2.32. The van der Waals surface area contributed by atoms with E-state index in [9.17, 15) is 4.79 Å². The Morgan fingerprint density at radius 1 is 1.22 bits per heavy atom. The van der Waals surface area contributed by atoms with E-state index in [4.69, 9.17) is 4.74 Å². The molecule has 100 valence electrons. The van der Waals surface area contributed by atoms with Crippen LogP contribution in [0.3, 0.4) is 0 Å². The molecule has 18 heavy (non-hydrogen) atoms. The Bertz CT molecular complexity index is 361. The molecule has 0 saturated carbocycles. The van der Waals surface area contributed by atoms with E-state index >= 15 is 0 Å². The fourth-order valence-electron chi connectivity index (χ4n) is 1.41. The molecule has 1 aromatic rings. The van der Waals surface area contributed by atoms with Gasteiger partial charge in [0.25, 0.3) is 0 Å². The summed E-state index contributed by atoms with van der Waals surface area (Å²) in [5.41, 5.74) is 1.05. The van der Waals surface area contributed by atoms with Gasteiger partial charge in [0.1, 0.15) is 5.75 Å². The zero-order valence-electron chi connectivity index (χ0n) is 11.3. The number of hydrogen-bond acceptors (Lipinski definition) is 2. The summed E-state index contributed by atoms with van der Waals surface area (Å²) in [6, 6.07) is 7.60. The van der Waals surface area contributed by atoms with Crippen molar-refractivity contribution in [3.63, 3.8) is 0 Å². The molecule has 0 radical (unpaired) electrons. The molecule has 1 rings (SSSR count). The number of ether oxygens (including phenoxy) is 1. The fraction of sp³-hybridized carbons (Fsp3) is 0.500. The van der Waals surface area contributed by atoms with Crippen LogP contribution in [0.15, 0.2) is 24.3 Å². The Kier molecular flexibility index (Phi) is 6.05. The average molecular weight is 250 g/mol. The van der Waals surface area contributed by atoms with Crippen LogP contribution in [-0.2, 0) is 6.54 Å². The minimum absolute atomic E-state index is 0.127. The number of benzene rings is 1. The molecule has 0 aliphatic carbocycles. The van der Waals surface area contributed by atoms with E-state index in [1.165, 1.54) is 0 Å². The van der Waals surface area contributed by atoms with Gasteiger partial charge in [0.2, 0.25) is 0 Å². The molecule has 0 fully saturated rings. The van der Waals surface area contributed by atoms with Gasteiger partial charge in [0, 0.05) is 13.1 Å². The molecule has 0 saturated heterocycles. The third-order valence-corrected chi connectivity index (χ3v) is 2.36. The van der Waals surface area contributed by atoms with Crippen molar-refractivity contribution >= 4 is 6.03 Å². The van der Waals surface area contributed by atoms with Gasteiger partial charge in [-0.05, 0) is 30.5 Å². The second-order valence-corrected chi connectivity index (χ2v) is 4.53. The number of rotatable bonds is 6. The van der Waals surface area contributed by atoms with Crippen LogP contribution >= 0.6 is 0 Å². The molecule has 4 nitrogen and oxygen atoms in total. The predicted octanol–water partition coefficient (Wildman–Crippen LogP) is 2.54. The first kappa shape index (κ1) is 14.4. The maximum absolute atomic E-state index is 11.4. The maximum atomic E-state index is 11.4. The summed E-state index contributed by atoms with van der Waals surface area (Å²) >= 11 is 0. The van der Waals surface area contributed by atoms with E-state index < -0.39 is 0 Å². The number of amides is 2. The normalized spacial score (nSPS) is 10.2. The first-order chi connectivity index (χ1) is 8.61. The molecule has 0 heterocycles. The van der Waals surface area contributed by atoms with E-state index in [1.807, 2.05) is 31.2 Å². The molecule has 0 spiro atoms. The molecule has 0 unspecified atom stereocenters. The highest BCUT2D eigenvalue weighted by Gasteiger charge is 2.01. The van der Waals surface area contributed by atoms with Gasteiger partial charge in [0.05, 0.1) is 6.61 Å². The Morgan fingerprint density at radius 3 is 2.44 bits per heavy atom. The van der Waals surface area contributed by atoms with Crippen molar-refractivity contribution < 1.29 is 9.53 Å². The zero-order valence-corrected chi connectivity index (χ0v) is 11.3. The van der Waals surface area contributed by atoms with Gasteiger partial charge >= 0.3 is 6.03 Å². The largest absolute Gasteiger partial charge is 0.494 e. The van der Waals surface area contributed by atoms with E-state index in [2.05, 4.69) is 24.5 Å². The summed E-state index contributed by atoms with van der Waals surface area (Å²) in [5, 5.41) is 5.62. The van der Waals surface area contributed by atoms with Crippen LogP contribution in [0.25, 0.3) is 0 Å². The molecule has 0 bridgehead atoms. The summed E-state index contributed by atoms with van der Waals surface area (Å²) < 4.78 is 5.35. The first-order valence-electron chi connectivity index (χ1n) is 6.35. The third-order valence-electron chi connectivity index (χ3n) is 2.36. The van der Waals surface area contributed by atoms with Gasteiger partial charge in [-0.15, -0.1) is 0 Å². The van der Waals surface area contributed by atoms with Crippen molar-refractivity contribution in [1.29, 1.82) is 0 Å². The summed E-state index contributed by atoms with van der Waals surface area (Å²) in [7, 11) is 0. The Hall–Kier alpha value is -1.71. The van der Waals surface area contributed by atoms with E-state index in [1.54, 1.807) is 0 Å². The van der Waals surface area contributed by atoms with Gasteiger partial charge < -0.3 is 15.4 Å². The van der Waals surface area contributed by atoms with Crippen LogP contribution in [0.1, 0.15) is 26.3 Å². The molecule has 0 aliphatic heterocycles. The number of carbonyl (C=O) groups is 1. The molecular weight excluding hydrogens is 228 g/mol. The molecule has 0 aromatic heterocycles. The second kappa shape index (κ2) is 7.58. The summed E-state index contributed by atoms with van der Waals surface area (Å²) in [6.07, 6.45) is 0. The van der Waals surface area contributed by atoms with Gasteiger partial charge in [-0.1, -0.05) is 26.0 Å². The molecule has 2 amide bonds. The lowest BCUT2D eigenvalue weighted by Crippen LogP contribution is -2.36. The lowest BCUT2D eigenvalue weighted by Gasteiger charge is -2.10. The van der Waals surface area contributed by atoms with Crippen LogP contribution in [0.4, 0.5) is 4.79 Å². The van der Waals surface area contributed by atoms with E-state index in [0.717, 1.165) is 11.3 Å². The van der Waals surface area contributed by atoms with Crippen LogP contribution in [0.2, 0.25) is 0 Å². The lowest BCUT2D eigenvalue weighted by atomic mass is 10.2. The third kappa shape index (κ3) is 5.57. The van der Waals surface area contributed by atoms with Crippen molar-refractivity contribution in [1.82, 2.24) is 10.6 Å². The lowest BCUT2D eigenvalue weighted by molar-refractivity contribution is 0.239. The van der Waals surface area contributed by atoms with Gasteiger partial charge in [-0.2, -0.15) is 0 Å². The van der Waals surface area contributed by atoms with E-state index in [-0.39, 0.29) is 6.03 Å². The number of hydrogen-bond donors (Lipinski definition) is 2. The highest BCUT2D eigenvalue weighted by molar-refractivity contribution is 5.73. The topological polar surface area (TPSA) is 50.4 Å². The molecule has 0 aliphatic rings. The Labute approximate surface area is 109 Å². The predicted molar refractivity (Wildman–Crippen MR) is 72.7 cm³/mol. The Morgan fingerprint density at radius 2 is 1.89 bits per heavy atom. The van der Waals surface area contributed by atoms with Crippen molar-refractivity contribution in [3.05, 3.63) is 29.8 Å². The van der Waals surface area contributed by atoms with E-state index in [0.29, 0.717) is 25.6 Å². The number of nitrogens with one attached hydrogen (secondary N) is 2. The summed E-state index contributed by atoms with van der Waals surface area (Å²) in [5.74, 6) is 1.31. The zero-order chi connectivity index (χ0) is 13.4. The quantitative estimate of drug-likeness (QED) is 0.815. The fourth-order valence-corrected chi connectivity index (χ4v) is 1.41. The van der Waals surface area contributed by atoms with Gasteiger partial charge in [0.15, 0.2) is 0 Å². The summed E-state index contributed by atoms with van der Waals surface area (Å²) in [4.78, 5) is 11.4. The van der Waals surface area contributed by atoms with Gasteiger partial charge in [-0.25, -0.2) is 4.79 Å². The van der Waals surface area contributed by atoms with Gasteiger partial charge in [-0.3, -0.25) is 0 Å². The van der Waals surface area contributed by atoms with Crippen molar-refractivity contribution in [2.45, 2.75) is 27.3 Å². The maximum Gasteiger partial charge on any atom is 0.315 e. The highest BCUT2D eigenvalue weighted by Crippen LogP contribution is 2.11. The highest BCUT2D eigenvalue weighted by atomic mass is 16.5. The molecule has 2 N–H and O–H groups in total. The molecule has 1 aromatic carbocycles. The van der Waals surface area contributed by atoms with Crippen molar-refractivity contribution in [2.75, 3.05) is 13.2 Å². The minimum atomic E-state index is -0.127. The first-order valence-corrected chi connectivity index (χ1v) is 6.35. The van der Waals surface area contributed by atoms with Crippen LogP contribution in [-0.4, -0.2) is 19.2 Å². The molecular formula is C14H22N2O2. The average Bonchev–Trinajstić information content (AvgIpc) is 2.36. The van der Waals surface area contributed by atoms with Crippen molar-refractivity contribution in [2.24, 2.45) is 5.92 Å². The van der Waals surface area contributed by atoms with Crippen LogP contribution in [0, 0.1) is 5.92 Å². The second-order valence-electron chi connectivity index (χ2n) is 4.53. The molecule has 4 heteroatoms.